The molecule has 0 aromatic heterocycles. The fourth-order valence-electron chi connectivity index (χ4n) is 4.22. The molecule has 1 saturated heterocycles. The van der Waals surface area contributed by atoms with Crippen LogP contribution in [0.4, 0.5) is 4.79 Å². The zero-order chi connectivity index (χ0) is 23.3. The summed E-state index contributed by atoms with van der Waals surface area (Å²) in [7, 11) is 4.55. The van der Waals surface area contributed by atoms with Crippen molar-refractivity contribution in [1.29, 1.82) is 0 Å². The molecule has 0 aliphatic carbocycles. The lowest BCUT2D eigenvalue weighted by Gasteiger charge is -2.35. The van der Waals surface area contributed by atoms with E-state index in [-0.39, 0.29) is 12.6 Å². The summed E-state index contributed by atoms with van der Waals surface area (Å²) in [5.41, 5.74) is 1.48. The number of esters is 1. The molecule has 2 amide bonds. The van der Waals surface area contributed by atoms with E-state index in [1.165, 1.54) is 21.3 Å². The van der Waals surface area contributed by atoms with Crippen molar-refractivity contribution in [3.05, 3.63) is 29.0 Å². The third-order valence-corrected chi connectivity index (χ3v) is 5.95. The van der Waals surface area contributed by atoms with Crippen LogP contribution in [0.3, 0.4) is 0 Å². The molecule has 9 heteroatoms. The maximum absolute atomic E-state index is 13.1. The molecule has 2 aliphatic rings. The third kappa shape index (κ3) is 4.93. The summed E-state index contributed by atoms with van der Waals surface area (Å²) < 4.78 is 21.9. The number of nitrogens with one attached hydrogen (secondary N) is 2. The van der Waals surface area contributed by atoms with Crippen LogP contribution in [0.15, 0.2) is 23.4 Å². The Morgan fingerprint density at radius 2 is 1.78 bits per heavy atom. The molecule has 176 valence electrons. The normalized spacial score (nSPS) is 19.8. The average molecular weight is 448 g/mol. The van der Waals surface area contributed by atoms with Gasteiger partial charge in [-0.2, -0.15) is 0 Å². The Hall–Kier alpha value is -2.94. The largest absolute Gasteiger partial charge is 0.493 e. The van der Waals surface area contributed by atoms with Crippen LogP contribution in [-0.2, 0) is 9.53 Å². The second kappa shape index (κ2) is 10.6. The smallest absolute Gasteiger partial charge is 0.338 e. The van der Waals surface area contributed by atoms with Gasteiger partial charge in [-0.1, -0.05) is 6.92 Å². The molecule has 32 heavy (non-hydrogen) atoms. The van der Waals surface area contributed by atoms with Crippen LogP contribution in [0.2, 0.25) is 0 Å². The van der Waals surface area contributed by atoms with Crippen molar-refractivity contribution in [2.45, 2.75) is 32.7 Å². The molecule has 3 rings (SSSR count). The molecular weight excluding hydrogens is 414 g/mol. The molecular formula is C23H33N3O6. The topological polar surface area (TPSA) is 98.4 Å². The standard InChI is InChI=1S/C23H33N3O6/c1-6-32-22(27)18-16(13-26-11-9-14(2)10-12-26)24-23(28)25-19(18)15-7-8-17(29-3)21(31-5)20(15)30-4/h7-8,14,19H,6,9-13H2,1-5H3,(H2,24,25,28)/t19-/m1/s1. The molecule has 0 spiro atoms. The lowest BCUT2D eigenvalue weighted by Crippen LogP contribution is -2.49. The summed E-state index contributed by atoms with van der Waals surface area (Å²) in [6.07, 6.45) is 2.17. The van der Waals surface area contributed by atoms with Gasteiger partial charge in [0.05, 0.1) is 39.6 Å². The maximum atomic E-state index is 13.1. The van der Waals surface area contributed by atoms with Crippen LogP contribution in [0.25, 0.3) is 0 Å². The predicted molar refractivity (Wildman–Crippen MR) is 119 cm³/mol. The summed E-state index contributed by atoms with van der Waals surface area (Å²) in [4.78, 5) is 28.0. The Bertz CT molecular complexity index is 877. The highest BCUT2D eigenvalue weighted by atomic mass is 16.5. The Kier molecular flexibility index (Phi) is 7.84. The van der Waals surface area contributed by atoms with Crippen molar-refractivity contribution < 1.29 is 28.5 Å². The number of rotatable bonds is 8. The van der Waals surface area contributed by atoms with Crippen molar-refractivity contribution in [3.63, 3.8) is 0 Å². The minimum atomic E-state index is -0.767. The van der Waals surface area contributed by atoms with E-state index >= 15 is 0 Å². The van der Waals surface area contributed by atoms with Crippen LogP contribution in [0.5, 0.6) is 17.2 Å². The van der Waals surface area contributed by atoms with Crippen LogP contribution >= 0.6 is 0 Å². The Labute approximate surface area is 189 Å². The molecule has 1 aromatic carbocycles. The van der Waals surface area contributed by atoms with E-state index in [9.17, 15) is 9.59 Å². The number of methoxy groups -OCH3 is 3. The first kappa shape index (κ1) is 23.7. The van der Waals surface area contributed by atoms with E-state index < -0.39 is 12.0 Å². The number of carbonyl (C=O) groups excluding carboxylic acids is 2. The van der Waals surface area contributed by atoms with E-state index in [0.29, 0.717) is 46.5 Å². The Morgan fingerprint density at radius 3 is 2.38 bits per heavy atom. The molecule has 0 bridgehead atoms. The van der Waals surface area contributed by atoms with E-state index in [1.54, 1.807) is 19.1 Å². The van der Waals surface area contributed by atoms with E-state index in [1.807, 2.05) is 0 Å². The first-order valence-corrected chi connectivity index (χ1v) is 10.9. The minimum absolute atomic E-state index is 0.223. The minimum Gasteiger partial charge on any atom is -0.493 e. The number of urea groups is 1. The number of hydrogen-bond donors (Lipinski definition) is 2. The molecule has 1 aromatic rings. The molecule has 2 N–H and O–H groups in total. The van der Waals surface area contributed by atoms with Crippen molar-refractivity contribution in [2.75, 3.05) is 47.6 Å². The number of benzene rings is 1. The number of nitrogens with zero attached hydrogens (tertiary/aromatic N) is 1. The average Bonchev–Trinajstić information content (AvgIpc) is 2.79. The van der Waals surface area contributed by atoms with Gasteiger partial charge in [-0.3, -0.25) is 4.90 Å². The highest BCUT2D eigenvalue weighted by Crippen LogP contribution is 2.44. The van der Waals surface area contributed by atoms with Gasteiger partial charge in [0.1, 0.15) is 0 Å². The van der Waals surface area contributed by atoms with Crippen molar-refractivity contribution in [2.24, 2.45) is 5.92 Å². The molecule has 0 unspecified atom stereocenters. The fraction of sp³-hybridized carbons (Fsp3) is 0.565. The Balaban J connectivity index is 2.08. The quantitative estimate of drug-likeness (QED) is 0.591. The molecule has 1 fully saturated rings. The second-order valence-electron chi connectivity index (χ2n) is 8.03. The molecule has 0 radical (unpaired) electrons. The molecule has 2 aliphatic heterocycles. The van der Waals surface area contributed by atoms with Gasteiger partial charge in [0.25, 0.3) is 0 Å². The number of hydrogen-bond acceptors (Lipinski definition) is 7. The Morgan fingerprint density at radius 1 is 1.09 bits per heavy atom. The van der Waals surface area contributed by atoms with Gasteiger partial charge < -0.3 is 29.6 Å². The highest BCUT2D eigenvalue weighted by molar-refractivity contribution is 5.95. The summed E-state index contributed by atoms with van der Waals surface area (Å²) in [5, 5.41) is 5.70. The third-order valence-electron chi connectivity index (χ3n) is 5.95. The SMILES string of the molecule is CCOC(=O)C1=C(CN2CCC(C)CC2)NC(=O)N[C@@H]1c1ccc(OC)c(OC)c1OC. The summed E-state index contributed by atoms with van der Waals surface area (Å²) >= 11 is 0. The monoisotopic (exact) mass is 447 g/mol. The van der Waals surface area contributed by atoms with Gasteiger partial charge in [-0.15, -0.1) is 0 Å². The van der Waals surface area contributed by atoms with Crippen molar-refractivity contribution >= 4 is 12.0 Å². The summed E-state index contributed by atoms with van der Waals surface area (Å²) in [6.45, 7) is 6.50. The van der Waals surface area contributed by atoms with Crippen LogP contribution < -0.4 is 24.8 Å². The number of likely N-dealkylation sites (tertiary alicyclic amines) is 1. The number of piperidine rings is 1. The van der Waals surface area contributed by atoms with Gasteiger partial charge in [0.15, 0.2) is 11.5 Å². The first-order chi connectivity index (χ1) is 15.4. The first-order valence-electron chi connectivity index (χ1n) is 10.9. The van der Waals surface area contributed by atoms with Crippen LogP contribution in [-0.4, -0.2) is 64.5 Å². The summed E-state index contributed by atoms with van der Waals surface area (Å²) in [6, 6.07) is 2.33. The fourth-order valence-corrected chi connectivity index (χ4v) is 4.22. The van der Waals surface area contributed by atoms with E-state index in [0.717, 1.165) is 25.9 Å². The predicted octanol–water partition coefficient (Wildman–Crippen LogP) is 2.62. The van der Waals surface area contributed by atoms with Crippen LogP contribution in [0.1, 0.15) is 38.3 Å². The number of carbonyl (C=O) groups is 2. The molecule has 0 saturated carbocycles. The van der Waals surface area contributed by atoms with Crippen molar-refractivity contribution in [1.82, 2.24) is 15.5 Å². The van der Waals surface area contributed by atoms with Gasteiger partial charge >= 0.3 is 12.0 Å². The molecule has 2 heterocycles. The van der Waals surface area contributed by atoms with Gasteiger partial charge in [0, 0.05) is 17.8 Å². The molecule has 1 atom stereocenters. The zero-order valence-electron chi connectivity index (χ0n) is 19.4. The number of amides is 2. The lowest BCUT2D eigenvalue weighted by molar-refractivity contribution is -0.139. The van der Waals surface area contributed by atoms with Gasteiger partial charge in [-0.05, 0) is 50.9 Å². The van der Waals surface area contributed by atoms with E-state index in [4.69, 9.17) is 18.9 Å². The van der Waals surface area contributed by atoms with Gasteiger partial charge in [-0.25, -0.2) is 9.59 Å². The maximum Gasteiger partial charge on any atom is 0.338 e. The van der Waals surface area contributed by atoms with Crippen molar-refractivity contribution in [3.8, 4) is 17.2 Å². The highest BCUT2D eigenvalue weighted by Gasteiger charge is 2.37. The second-order valence-corrected chi connectivity index (χ2v) is 8.03. The lowest BCUT2D eigenvalue weighted by atomic mass is 9.93. The number of ether oxygens (including phenoxy) is 4. The zero-order valence-corrected chi connectivity index (χ0v) is 19.4. The van der Waals surface area contributed by atoms with Gasteiger partial charge in [0.2, 0.25) is 5.75 Å². The van der Waals surface area contributed by atoms with Crippen LogP contribution in [0, 0.1) is 5.92 Å². The molecule has 9 nitrogen and oxygen atoms in total. The van der Waals surface area contributed by atoms with E-state index in [2.05, 4.69) is 22.5 Å². The summed E-state index contributed by atoms with van der Waals surface area (Å²) in [5.74, 6) is 1.44.